The lowest BCUT2D eigenvalue weighted by Crippen LogP contribution is -2.33. The molecule has 2 heterocycles. The molecule has 0 saturated carbocycles. The first-order valence-corrected chi connectivity index (χ1v) is 7.16. The van der Waals surface area contributed by atoms with E-state index in [1.807, 2.05) is 0 Å². The number of rotatable bonds is 4. The van der Waals surface area contributed by atoms with Crippen LogP contribution in [0.2, 0.25) is 0 Å². The van der Waals surface area contributed by atoms with E-state index in [4.69, 9.17) is 21.1 Å². The Morgan fingerprint density at radius 3 is 3.00 bits per heavy atom. The van der Waals surface area contributed by atoms with E-state index in [9.17, 15) is 9.59 Å². The highest BCUT2D eigenvalue weighted by Crippen LogP contribution is 2.33. The number of hydrogen-bond donors (Lipinski definition) is 1. The smallest absolute Gasteiger partial charge is 0.330 e. The van der Waals surface area contributed by atoms with Gasteiger partial charge in [-0.25, -0.2) is 4.79 Å². The summed E-state index contributed by atoms with van der Waals surface area (Å²) in [6.45, 7) is 3.62. The van der Waals surface area contributed by atoms with Gasteiger partial charge >= 0.3 is 5.69 Å². The Labute approximate surface area is 128 Å². The third-order valence-electron chi connectivity index (χ3n) is 3.19. The molecule has 0 spiro atoms. The van der Waals surface area contributed by atoms with Crippen molar-refractivity contribution in [1.82, 2.24) is 9.55 Å². The molecule has 6 nitrogen and oxygen atoms in total. The summed E-state index contributed by atoms with van der Waals surface area (Å²) in [6, 6.07) is 0. The van der Waals surface area contributed by atoms with Crippen molar-refractivity contribution in [2.24, 2.45) is 0 Å². The lowest BCUT2D eigenvalue weighted by Gasteiger charge is -2.19. The molecule has 20 heavy (non-hydrogen) atoms. The highest BCUT2D eigenvalue weighted by Gasteiger charge is 2.40. The van der Waals surface area contributed by atoms with E-state index in [-0.39, 0.29) is 10.6 Å². The molecule has 0 radical (unpaired) electrons. The van der Waals surface area contributed by atoms with E-state index in [0.717, 1.165) is 0 Å². The minimum atomic E-state index is -0.549. The second kappa shape index (κ2) is 6.26. The molecule has 0 aliphatic carbocycles. The highest BCUT2D eigenvalue weighted by molar-refractivity contribution is 9.10. The van der Waals surface area contributed by atoms with Crippen molar-refractivity contribution in [3.63, 3.8) is 0 Å². The minimum Gasteiger partial charge on any atom is -0.379 e. The molecule has 0 bridgehead atoms. The van der Waals surface area contributed by atoms with Crippen LogP contribution >= 0.6 is 27.5 Å². The Bertz CT molecular complexity index is 614. The molecule has 1 saturated heterocycles. The minimum absolute atomic E-state index is 0.252. The van der Waals surface area contributed by atoms with Crippen molar-refractivity contribution in [3.8, 4) is 0 Å². The van der Waals surface area contributed by atoms with Gasteiger partial charge in [0.2, 0.25) is 0 Å². The Kier molecular flexibility index (Phi) is 4.85. The monoisotopic (exact) mass is 364 g/mol. The number of H-pyrrole nitrogens is 1. The van der Waals surface area contributed by atoms with Crippen LogP contribution in [0.5, 0.6) is 0 Å². The van der Waals surface area contributed by atoms with E-state index in [1.165, 1.54) is 10.8 Å². The third kappa shape index (κ3) is 2.90. The largest absolute Gasteiger partial charge is 0.379 e. The molecule has 1 unspecified atom stereocenters. The lowest BCUT2D eigenvalue weighted by molar-refractivity contribution is -0.0250. The van der Waals surface area contributed by atoms with E-state index in [2.05, 4.69) is 27.5 Å². The van der Waals surface area contributed by atoms with Gasteiger partial charge in [-0.3, -0.25) is 14.3 Å². The second-order valence-corrected chi connectivity index (χ2v) is 5.75. The van der Waals surface area contributed by atoms with Crippen molar-refractivity contribution >= 4 is 27.5 Å². The number of aromatic amines is 1. The summed E-state index contributed by atoms with van der Waals surface area (Å²) in [5, 5.41) is -0.424. The number of ether oxygens (including phenoxy) is 2. The van der Waals surface area contributed by atoms with Gasteiger partial charge in [-0.2, -0.15) is 0 Å². The van der Waals surface area contributed by atoms with Gasteiger partial charge in [-0.15, -0.1) is 18.2 Å². The zero-order chi connectivity index (χ0) is 14.9. The number of hydrogen-bond acceptors (Lipinski definition) is 4. The molecular formula is C12H14BrClN2O4. The SMILES string of the molecule is C=CC(Cl)[C@H]1O[C@@H](n2cc(Br)c(=O)[nH]c2=O)C[C@@H]1OC. The molecule has 4 atom stereocenters. The third-order valence-corrected chi connectivity index (χ3v) is 4.18. The van der Waals surface area contributed by atoms with Gasteiger partial charge < -0.3 is 9.47 Å². The van der Waals surface area contributed by atoms with Crippen LogP contribution in [0.4, 0.5) is 0 Å². The van der Waals surface area contributed by atoms with E-state index in [1.54, 1.807) is 13.2 Å². The Hall–Kier alpha value is -0.890. The van der Waals surface area contributed by atoms with Crippen LogP contribution in [0.3, 0.4) is 0 Å². The fraction of sp³-hybridized carbons (Fsp3) is 0.500. The van der Waals surface area contributed by atoms with Crippen LogP contribution in [0.15, 0.2) is 32.9 Å². The number of alkyl halides is 1. The first-order chi connectivity index (χ1) is 9.47. The van der Waals surface area contributed by atoms with Gasteiger partial charge in [0.15, 0.2) is 0 Å². The molecule has 1 N–H and O–H groups in total. The summed E-state index contributed by atoms with van der Waals surface area (Å²) >= 11 is 9.20. The topological polar surface area (TPSA) is 73.3 Å². The van der Waals surface area contributed by atoms with Crippen LogP contribution in [0.1, 0.15) is 12.6 Å². The quantitative estimate of drug-likeness (QED) is 0.646. The average molecular weight is 366 g/mol. The molecule has 0 aromatic carbocycles. The average Bonchev–Trinajstić information content (AvgIpc) is 2.85. The fourth-order valence-electron chi connectivity index (χ4n) is 2.16. The lowest BCUT2D eigenvalue weighted by atomic mass is 10.1. The molecule has 1 aliphatic rings. The molecule has 2 rings (SSSR count). The molecule has 1 aliphatic heterocycles. The fourth-order valence-corrected chi connectivity index (χ4v) is 2.70. The standard InChI is InChI=1S/C12H14BrClN2O4/c1-3-7(14)10-8(19-2)4-9(20-10)16-5-6(13)11(17)15-12(16)18/h3,5,7-10H,1,4H2,2H3,(H,15,17,18)/t7?,8-,9+,10+/m0/s1. The maximum absolute atomic E-state index is 11.8. The van der Waals surface area contributed by atoms with Crippen molar-refractivity contribution < 1.29 is 9.47 Å². The summed E-state index contributed by atoms with van der Waals surface area (Å²) < 4.78 is 12.7. The summed E-state index contributed by atoms with van der Waals surface area (Å²) in [7, 11) is 1.56. The maximum atomic E-state index is 11.8. The number of aromatic nitrogens is 2. The first-order valence-electron chi connectivity index (χ1n) is 5.93. The zero-order valence-electron chi connectivity index (χ0n) is 10.7. The van der Waals surface area contributed by atoms with Crippen LogP contribution in [0, 0.1) is 0 Å². The number of halogens is 2. The summed E-state index contributed by atoms with van der Waals surface area (Å²) in [6.07, 6.45) is 2.22. The molecular weight excluding hydrogens is 351 g/mol. The maximum Gasteiger partial charge on any atom is 0.330 e. The number of nitrogens with zero attached hydrogens (tertiary/aromatic N) is 1. The first kappa shape index (κ1) is 15.5. The summed E-state index contributed by atoms with van der Waals surface area (Å²) in [5.74, 6) is 0. The van der Waals surface area contributed by atoms with Crippen LogP contribution in [0.25, 0.3) is 0 Å². The summed E-state index contributed by atoms with van der Waals surface area (Å²) in [5.41, 5.74) is -1.02. The zero-order valence-corrected chi connectivity index (χ0v) is 13.1. The van der Waals surface area contributed by atoms with Crippen LogP contribution in [-0.4, -0.2) is 34.2 Å². The molecule has 1 aromatic rings. The second-order valence-electron chi connectivity index (χ2n) is 4.39. The Balaban J connectivity index is 2.32. The van der Waals surface area contributed by atoms with E-state index < -0.39 is 29.0 Å². The van der Waals surface area contributed by atoms with Gasteiger partial charge in [0.25, 0.3) is 5.56 Å². The Morgan fingerprint density at radius 1 is 1.70 bits per heavy atom. The van der Waals surface area contributed by atoms with Gasteiger partial charge in [0.05, 0.1) is 16.0 Å². The van der Waals surface area contributed by atoms with Crippen molar-refractivity contribution in [1.29, 1.82) is 0 Å². The Morgan fingerprint density at radius 2 is 2.40 bits per heavy atom. The normalized spacial score (nSPS) is 27.4. The molecule has 1 aromatic heterocycles. The predicted octanol–water partition coefficient (Wildman–Crippen LogP) is 1.39. The summed E-state index contributed by atoms with van der Waals surface area (Å²) in [4.78, 5) is 25.4. The van der Waals surface area contributed by atoms with Crippen molar-refractivity contribution in [3.05, 3.63) is 44.2 Å². The highest BCUT2D eigenvalue weighted by atomic mass is 79.9. The molecule has 8 heteroatoms. The van der Waals surface area contributed by atoms with E-state index in [0.29, 0.717) is 6.42 Å². The van der Waals surface area contributed by atoms with Crippen LogP contribution < -0.4 is 11.2 Å². The number of methoxy groups -OCH3 is 1. The van der Waals surface area contributed by atoms with Gasteiger partial charge in [-0.05, 0) is 15.9 Å². The molecule has 0 amide bonds. The molecule has 110 valence electrons. The molecule has 1 fully saturated rings. The van der Waals surface area contributed by atoms with Gasteiger partial charge in [-0.1, -0.05) is 6.08 Å². The van der Waals surface area contributed by atoms with Gasteiger partial charge in [0, 0.05) is 19.7 Å². The van der Waals surface area contributed by atoms with Crippen LogP contribution in [-0.2, 0) is 9.47 Å². The van der Waals surface area contributed by atoms with Gasteiger partial charge in [0.1, 0.15) is 12.3 Å². The predicted molar refractivity (Wildman–Crippen MR) is 78.2 cm³/mol. The van der Waals surface area contributed by atoms with Crippen molar-refractivity contribution in [2.45, 2.75) is 30.2 Å². The van der Waals surface area contributed by atoms with E-state index >= 15 is 0 Å². The van der Waals surface area contributed by atoms with Crippen molar-refractivity contribution in [2.75, 3.05) is 7.11 Å². The number of nitrogens with one attached hydrogen (secondary N) is 1.